The number of amides is 2. The lowest BCUT2D eigenvalue weighted by Crippen LogP contribution is -2.49. The van der Waals surface area contributed by atoms with Crippen LogP contribution in [0.3, 0.4) is 0 Å². The van der Waals surface area contributed by atoms with Crippen LogP contribution in [0.2, 0.25) is 0 Å². The van der Waals surface area contributed by atoms with Crippen LogP contribution in [0.5, 0.6) is 0 Å². The van der Waals surface area contributed by atoms with Crippen molar-refractivity contribution < 1.29 is 19.8 Å². The minimum absolute atomic E-state index is 0.0186. The highest BCUT2D eigenvalue weighted by molar-refractivity contribution is 5.82. The number of nitrogens with zero attached hydrogens (tertiary/aromatic N) is 1. The summed E-state index contributed by atoms with van der Waals surface area (Å²) in [6, 6.07) is -1.42. The molecular formula is C10H16N2O4. The number of carbonyl (C=O) groups is 2. The summed E-state index contributed by atoms with van der Waals surface area (Å²) in [7, 11) is 0. The Morgan fingerprint density at radius 2 is 2.19 bits per heavy atom. The molecule has 0 fully saturated rings. The largest absolute Gasteiger partial charge is 0.480 e. The zero-order valence-electron chi connectivity index (χ0n) is 8.93. The van der Waals surface area contributed by atoms with Gasteiger partial charge in [0.2, 0.25) is 0 Å². The number of hydrogen-bond acceptors (Lipinski definition) is 3. The zero-order chi connectivity index (χ0) is 12.0. The lowest BCUT2D eigenvalue weighted by atomic mass is 10.2. The van der Waals surface area contributed by atoms with Gasteiger partial charge in [0, 0.05) is 26.1 Å². The van der Waals surface area contributed by atoms with Crippen molar-refractivity contribution in [2.75, 3.05) is 19.7 Å². The lowest BCUT2D eigenvalue weighted by molar-refractivity contribution is -0.139. The smallest absolute Gasteiger partial charge is 0.326 e. The number of nitrogens with one attached hydrogen (secondary N) is 1. The Hall–Kier alpha value is -1.56. The third kappa shape index (κ3) is 3.54. The van der Waals surface area contributed by atoms with E-state index in [0.29, 0.717) is 13.1 Å². The minimum atomic E-state index is -1.13. The quantitative estimate of drug-likeness (QED) is 0.581. The second-order valence-electron chi connectivity index (χ2n) is 3.56. The van der Waals surface area contributed by atoms with E-state index in [2.05, 4.69) is 5.32 Å². The highest BCUT2D eigenvalue weighted by Gasteiger charge is 2.22. The maximum atomic E-state index is 11.6. The first-order chi connectivity index (χ1) is 7.65. The van der Waals surface area contributed by atoms with Crippen molar-refractivity contribution in [3.63, 3.8) is 0 Å². The summed E-state index contributed by atoms with van der Waals surface area (Å²) in [6.07, 6.45) is 4.65. The summed E-state index contributed by atoms with van der Waals surface area (Å²) in [5.74, 6) is -1.13. The number of aliphatic hydroxyl groups excluding tert-OH is 1. The molecule has 1 aliphatic heterocycles. The molecule has 0 unspecified atom stereocenters. The van der Waals surface area contributed by atoms with Crippen LogP contribution in [0.25, 0.3) is 0 Å². The summed E-state index contributed by atoms with van der Waals surface area (Å²) < 4.78 is 0. The second kappa shape index (κ2) is 6.12. The molecule has 1 rings (SSSR count). The van der Waals surface area contributed by atoms with Crippen molar-refractivity contribution in [3.8, 4) is 0 Å². The van der Waals surface area contributed by atoms with Gasteiger partial charge in [0.05, 0.1) is 0 Å². The number of aliphatic carboxylic acids is 1. The van der Waals surface area contributed by atoms with E-state index in [-0.39, 0.29) is 13.0 Å². The fourth-order valence-corrected chi connectivity index (χ4v) is 1.45. The van der Waals surface area contributed by atoms with Gasteiger partial charge >= 0.3 is 12.0 Å². The molecule has 0 aromatic carbocycles. The van der Waals surface area contributed by atoms with Gasteiger partial charge in [-0.15, -0.1) is 0 Å². The first-order valence-electron chi connectivity index (χ1n) is 5.19. The van der Waals surface area contributed by atoms with E-state index in [1.807, 2.05) is 12.2 Å². The van der Waals surface area contributed by atoms with Crippen molar-refractivity contribution in [2.24, 2.45) is 0 Å². The number of carboxylic acids is 1. The third-order valence-electron chi connectivity index (χ3n) is 2.36. The third-order valence-corrected chi connectivity index (χ3v) is 2.36. The zero-order valence-corrected chi connectivity index (χ0v) is 8.93. The summed E-state index contributed by atoms with van der Waals surface area (Å²) in [4.78, 5) is 23.9. The van der Waals surface area contributed by atoms with E-state index < -0.39 is 18.0 Å². The van der Waals surface area contributed by atoms with Crippen molar-refractivity contribution in [1.29, 1.82) is 0 Å². The van der Waals surface area contributed by atoms with E-state index in [1.165, 1.54) is 4.90 Å². The predicted molar refractivity (Wildman–Crippen MR) is 57.0 cm³/mol. The Bertz CT molecular complexity index is 291. The van der Waals surface area contributed by atoms with E-state index in [4.69, 9.17) is 10.2 Å². The molecule has 0 radical (unpaired) electrons. The van der Waals surface area contributed by atoms with Crippen LogP contribution in [0.4, 0.5) is 4.79 Å². The van der Waals surface area contributed by atoms with Crippen molar-refractivity contribution >= 4 is 12.0 Å². The molecule has 0 saturated heterocycles. The fourth-order valence-electron chi connectivity index (χ4n) is 1.45. The second-order valence-corrected chi connectivity index (χ2v) is 3.56. The maximum Gasteiger partial charge on any atom is 0.326 e. The first-order valence-corrected chi connectivity index (χ1v) is 5.19. The fraction of sp³-hybridized carbons (Fsp3) is 0.600. The summed E-state index contributed by atoms with van der Waals surface area (Å²) in [5.41, 5.74) is 0. The number of urea groups is 1. The molecule has 0 saturated carbocycles. The minimum Gasteiger partial charge on any atom is -0.480 e. The van der Waals surface area contributed by atoms with E-state index >= 15 is 0 Å². The molecular weight excluding hydrogens is 212 g/mol. The Morgan fingerprint density at radius 3 is 2.69 bits per heavy atom. The topological polar surface area (TPSA) is 89.9 Å². The van der Waals surface area contributed by atoms with Gasteiger partial charge in [-0.3, -0.25) is 0 Å². The monoisotopic (exact) mass is 228 g/mol. The van der Waals surface area contributed by atoms with Crippen LogP contribution in [0.1, 0.15) is 12.8 Å². The van der Waals surface area contributed by atoms with Gasteiger partial charge in [-0.1, -0.05) is 12.2 Å². The van der Waals surface area contributed by atoms with Crippen LogP contribution < -0.4 is 5.32 Å². The standard InChI is InChI=1S/C10H16N2O4/c13-7-4-8(9(14)15)11-10(16)12-5-2-1-3-6-12/h1-2,8,13H,3-7H2,(H,11,16)(H,14,15)/t8-/m0/s1. The Labute approximate surface area is 93.5 Å². The van der Waals surface area contributed by atoms with Crippen LogP contribution in [-0.2, 0) is 4.79 Å². The van der Waals surface area contributed by atoms with Gasteiger partial charge in [0.1, 0.15) is 6.04 Å². The number of hydrogen-bond donors (Lipinski definition) is 3. The highest BCUT2D eigenvalue weighted by atomic mass is 16.4. The van der Waals surface area contributed by atoms with Crippen molar-refractivity contribution in [3.05, 3.63) is 12.2 Å². The molecule has 3 N–H and O–H groups in total. The van der Waals surface area contributed by atoms with Crippen LogP contribution in [0.15, 0.2) is 12.2 Å². The van der Waals surface area contributed by atoms with E-state index in [9.17, 15) is 9.59 Å². The van der Waals surface area contributed by atoms with Crippen molar-refractivity contribution in [2.45, 2.75) is 18.9 Å². The van der Waals surface area contributed by atoms with Gasteiger partial charge in [-0.2, -0.15) is 0 Å². The molecule has 0 bridgehead atoms. The average Bonchev–Trinajstić information content (AvgIpc) is 2.29. The van der Waals surface area contributed by atoms with Crippen LogP contribution in [-0.4, -0.2) is 52.9 Å². The SMILES string of the molecule is O=C(O)[C@H](CCO)NC(=O)N1CC=CCC1. The molecule has 90 valence electrons. The highest BCUT2D eigenvalue weighted by Crippen LogP contribution is 2.02. The van der Waals surface area contributed by atoms with Crippen LogP contribution >= 0.6 is 0 Å². The maximum absolute atomic E-state index is 11.6. The first kappa shape index (κ1) is 12.5. The molecule has 0 aromatic heterocycles. The van der Waals surface area contributed by atoms with Gasteiger partial charge in [0.25, 0.3) is 0 Å². The molecule has 0 aliphatic carbocycles. The normalized spacial score (nSPS) is 16.9. The lowest BCUT2D eigenvalue weighted by Gasteiger charge is -2.25. The molecule has 6 heteroatoms. The number of carbonyl (C=O) groups excluding carboxylic acids is 1. The van der Waals surface area contributed by atoms with Crippen molar-refractivity contribution in [1.82, 2.24) is 10.2 Å². The molecule has 0 aromatic rings. The van der Waals surface area contributed by atoms with E-state index in [0.717, 1.165) is 6.42 Å². The van der Waals surface area contributed by atoms with E-state index in [1.54, 1.807) is 0 Å². The van der Waals surface area contributed by atoms with Gasteiger partial charge in [-0.25, -0.2) is 9.59 Å². The molecule has 0 spiro atoms. The molecule has 1 heterocycles. The predicted octanol–water partition coefficient (Wildman–Crippen LogP) is -0.206. The number of carboxylic acid groups (broad SMARTS) is 1. The molecule has 6 nitrogen and oxygen atoms in total. The molecule has 2 amide bonds. The number of aliphatic hydroxyl groups is 1. The molecule has 16 heavy (non-hydrogen) atoms. The summed E-state index contributed by atoms with van der Waals surface area (Å²) >= 11 is 0. The average molecular weight is 228 g/mol. The number of rotatable bonds is 4. The molecule has 1 atom stereocenters. The Balaban J connectivity index is 2.47. The van der Waals surface area contributed by atoms with Crippen LogP contribution in [0, 0.1) is 0 Å². The van der Waals surface area contributed by atoms with Gasteiger partial charge in [0.15, 0.2) is 0 Å². The van der Waals surface area contributed by atoms with Gasteiger partial charge < -0.3 is 20.4 Å². The summed E-state index contributed by atoms with van der Waals surface area (Å²) in [5, 5.41) is 19.8. The Morgan fingerprint density at radius 1 is 1.44 bits per heavy atom. The Kier molecular flexibility index (Phi) is 4.78. The van der Waals surface area contributed by atoms with Gasteiger partial charge in [-0.05, 0) is 6.42 Å². The molecule has 1 aliphatic rings. The summed E-state index contributed by atoms with van der Waals surface area (Å²) in [6.45, 7) is 0.822.